The number of halogens is 1. The summed E-state index contributed by atoms with van der Waals surface area (Å²) in [6.45, 7) is 1.80. The Morgan fingerprint density at radius 1 is 1.19 bits per heavy atom. The largest absolute Gasteiger partial charge is 0.495 e. The Balaban J connectivity index is 0.00000261. The van der Waals surface area contributed by atoms with Crippen LogP contribution in [0.4, 0.5) is 11.4 Å². The second kappa shape index (κ2) is 8.16. The van der Waals surface area contributed by atoms with Gasteiger partial charge in [0.2, 0.25) is 10.0 Å². The third-order valence-corrected chi connectivity index (χ3v) is 5.66. The Morgan fingerprint density at radius 3 is 2.52 bits per heavy atom. The van der Waals surface area contributed by atoms with Gasteiger partial charge in [-0.15, -0.1) is 12.4 Å². The first-order valence-electron chi connectivity index (χ1n) is 8.18. The number of methoxy groups -OCH3 is 1. The van der Waals surface area contributed by atoms with Crippen LogP contribution in [-0.2, 0) is 10.0 Å². The predicted molar refractivity (Wildman–Crippen MR) is 107 cm³/mol. The number of carbonyl (C=O) groups excluding carboxylic acids is 1. The van der Waals surface area contributed by atoms with E-state index < -0.39 is 10.0 Å². The number of nitrogen functional groups attached to an aromatic ring is 1. The maximum atomic E-state index is 12.5. The summed E-state index contributed by atoms with van der Waals surface area (Å²) in [5.74, 6) is -0.144. The van der Waals surface area contributed by atoms with Crippen LogP contribution in [0.3, 0.4) is 0 Å². The fourth-order valence-corrected chi connectivity index (χ4v) is 4.03. The molecule has 0 radical (unpaired) electrons. The van der Waals surface area contributed by atoms with E-state index in [9.17, 15) is 13.2 Å². The quantitative estimate of drug-likeness (QED) is 0.633. The van der Waals surface area contributed by atoms with Gasteiger partial charge in [-0.2, -0.15) is 0 Å². The van der Waals surface area contributed by atoms with Crippen molar-refractivity contribution in [3.05, 3.63) is 47.5 Å². The fraction of sp³-hybridized carbons (Fsp3) is 0.278. The second-order valence-corrected chi connectivity index (χ2v) is 7.97. The van der Waals surface area contributed by atoms with Crippen molar-refractivity contribution in [3.63, 3.8) is 0 Å². The highest BCUT2D eigenvalue weighted by atomic mass is 35.5. The summed E-state index contributed by atoms with van der Waals surface area (Å²) < 4.78 is 32.9. The normalized spacial score (nSPS) is 13.6. The molecule has 0 aliphatic heterocycles. The summed E-state index contributed by atoms with van der Waals surface area (Å²) in [6, 6.07) is 9.53. The Hall–Kier alpha value is -2.29. The van der Waals surface area contributed by atoms with Gasteiger partial charge < -0.3 is 15.8 Å². The van der Waals surface area contributed by atoms with E-state index in [1.165, 1.54) is 19.2 Å². The molecule has 3 rings (SSSR count). The Morgan fingerprint density at radius 2 is 1.89 bits per heavy atom. The van der Waals surface area contributed by atoms with Crippen LogP contribution < -0.4 is 20.5 Å². The number of amides is 1. The summed E-state index contributed by atoms with van der Waals surface area (Å²) in [7, 11) is -2.32. The van der Waals surface area contributed by atoms with Crippen LogP contribution in [0.15, 0.2) is 41.3 Å². The lowest BCUT2D eigenvalue weighted by atomic mass is 10.1. The van der Waals surface area contributed by atoms with Gasteiger partial charge in [0, 0.05) is 23.0 Å². The van der Waals surface area contributed by atoms with Crippen LogP contribution in [0.5, 0.6) is 5.75 Å². The van der Waals surface area contributed by atoms with E-state index in [4.69, 9.17) is 10.5 Å². The number of hydrogen-bond donors (Lipinski definition) is 3. The first-order chi connectivity index (χ1) is 12.3. The van der Waals surface area contributed by atoms with E-state index in [0.29, 0.717) is 16.9 Å². The number of anilines is 2. The highest BCUT2D eigenvalue weighted by Gasteiger charge is 2.30. The van der Waals surface area contributed by atoms with Crippen LogP contribution in [0, 0.1) is 6.92 Å². The predicted octanol–water partition coefficient (Wildman–Crippen LogP) is 2.70. The fourth-order valence-electron chi connectivity index (χ4n) is 2.53. The summed E-state index contributed by atoms with van der Waals surface area (Å²) in [5, 5.41) is 2.72. The zero-order valence-corrected chi connectivity index (χ0v) is 16.6. The molecule has 0 bridgehead atoms. The molecular weight excluding hydrogens is 390 g/mol. The van der Waals surface area contributed by atoms with E-state index in [-0.39, 0.29) is 35.0 Å². The molecule has 0 spiro atoms. The molecule has 4 N–H and O–H groups in total. The number of carbonyl (C=O) groups is 1. The van der Waals surface area contributed by atoms with Gasteiger partial charge in [0.1, 0.15) is 10.6 Å². The minimum atomic E-state index is -3.72. The first kappa shape index (κ1) is 21.0. The highest BCUT2D eigenvalue weighted by molar-refractivity contribution is 7.89. The van der Waals surface area contributed by atoms with Crippen molar-refractivity contribution in [2.45, 2.75) is 30.7 Å². The number of ether oxygens (including phenoxy) is 1. The molecule has 1 saturated carbocycles. The van der Waals surface area contributed by atoms with Gasteiger partial charge in [-0.25, -0.2) is 13.1 Å². The summed E-state index contributed by atoms with van der Waals surface area (Å²) >= 11 is 0. The van der Waals surface area contributed by atoms with Crippen LogP contribution in [-0.4, -0.2) is 27.5 Å². The van der Waals surface area contributed by atoms with Crippen molar-refractivity contribution in [1.82, 2.24) is 4.72 Å². The Labute approximate surface area is 164 Å². The number of hydrogen-bond acceptors (Lipinski definition) is 5. The van der Waals surface area contributed by atoms with Crippen LogP contribution in [0.1, 0.15) is 28.8 Å². The third-order valence-electron chi connectivity index (χ3n) is 4.12. The van der Waals surface area contributed by atoms with Crippen molar-refractivity contribution < 1.29 is 17.9 Å². The van der Waals surface area contributed by atoms with Crippen molar-refractivity contribution in [2.75, 3.05) is 18.2 Å². The smallest absolute Gasteiger partial charge is 0.256 e. The SMILES string of the molecule is COc1ccc(NC(=O)c2cc(N)ccc2C)cc1S(=O)(=O)NC1CC1.Cl. The molecule has 2 aromatic rings. The number of sulfonamides is 1. The lowest BCUT2D eigenvalue weighted by Crippen LogP contribution is -2.26. The van der Waals surface area contributed by atoms with Gasteiger partial charge in [0.25, 0.3) is 5.91 Å². The highest BCUT2D eigenvalue weighted by Crippen LogP contribution is 2.30. The standard InChI is InChI=1S/C18H21N3O4S.ClH/c1-11-3-4-12(19)9-15(11)18(22)20-14-7-8-16(25-2)17(10-14)26(23,24)21-13-5-6-13;/h3-4,7-10,13,21H,5-6,19H2,1-2H3,(H,20,22);1H. The number of rotatable bonds is 6. The molecule has 2 aromatic carbocycles. The molecule has 0 unspecified atom stereocenters. The average molecular weight is 412 g/mol. The molecule has 1 fully saturated rings. The molecule has 1 aliphatic rings. The number of nitrogens with two attached hydrogens (primary N) is 1. The molecule has 9 heteroatoms. The van der Waals surface area contributed by atoms with Gasteiger partial charge in [0.15, 0.2) is 0 Å². The molecule has 1 amide bonds. The maximum Gasteiger partial charge on any atom is 0.256 e. The third kappa shape index (κ3) is 4.91. The minimum absolute atomic E-state index is 0. The molecule has 0 heterocycles. The molecule has 1 aliphatic carbocycles. The first-order valence-corrected chi connectivity index (χ1v) is 9.66. The number of aryl methyl sites for hydroxylation is 1. The van der Waals surface area contributed by atoms with Gasteiger partial charge in [-0.05, 0) is 55.7 Å². The zero-order valence-electron chi connectivity index (χ0n) is 15.0. The van der Waals surface area contributed by atoms with Gasteiger partial charge >= 0.3 is 0 Å². The zero-order chi connectivity index (χ0) is 18.9. The Bertz CT molecular complexity index is 959. The van der Waals surface area contributed by atoms with Crippen LogP contribution >= 0.6 is 12.4 Å². The molecule has 0 saturated heterocycles. The molecular formula is C18H22ClN3O4S. The number of nitrogens with one attached hydrogen (secondary N) is 2. The van der Waals surface area contributed by atoms with Gasteiger partial charge in [0.05, 0.1) is 7.11 Å². The number of benzene rings is 2. The second-order valence-electron chi connectivity index (χ2n) is 6.29. The topological polar surface area (TPSA) is 111 Å². The van der Waals surface area contributed by atoms with Gasteiger partial charge in [-0.1, -0.05) is 6.07 Å². The molecule has 146 valence electrons. The van der Waals surface area contributed by atoms with E-state index in [2.05, 4.69) is 10.0 Å². The van der Waals surface area contributed by atoms with E-state index in [1.54, 1.807) is 31.2 Å². The van der Waals surface area contributed by atoms with Crippen molar-refractivity contribution in [1.29, 1.82) is 0 Å². The lowest BCUT2D eigenvalue weighted by Gasteiger charge is -2.13. The average Bonchev–Trinajstić information content (AvgIpc) is 3.40. The van der Waals surface area contributed by atoms with Crippen molar-refractivity contribution in [3.8, 4) is 5.75 Å². The molecule has 0 atom stereocenters. The molecule has 7 nitrogen and oxygen atoms in total. The van der Waals surface area contributed by atoms with Crippen LogP contribution in [0.2, 0.25) is 0 Å². The minimum Gasteiger partial charge on any atom is -0.495 e. The van der Waals surface area contributed by atoms with E-state index in [0.717, 1.165) is 18.4 Å². The van der Waals surface area contributed by atoms with Crippen LogP contribution in [0.25, 0.3) is 0 Å². The monoisotopic (exact) mass is 411 g/mol. The lowest BCUT2D eigenvalue weighted by molar-refractivity contribution is 0.102. The summed E-state index contributed by atoms with van der Waals surface area (Å²) in [5.41, 5.74) is 7.78. The van der Waals surface area contributed by atoms with E-state index in [1.807, 2.05) is 0 Å². The van der Waals surface area contributed by atoms with Crippen molar-refractivity contribution in [2.24, 2.45) is 0 Å². The summed E-state index contributed by atoms with van der Waals surface area (Å²) in [6.07, 6.45) is 1.65. The van der Waals surface area contributed by atoms with Gasteiger partial charge in [-0.3, -0.25) is 4.79 Å². The molecule has 0 aromatic heterocycles. The Kier molecular flexibility index (Phi) is 6.35. The van der Waals surface area contributed by atoms with Crippen molar-refractivity contribution >= 4 is 39.7 Å². The summed E-state index contributed by atoms with van der Waals surface area (Å²) in [4.78, 5) is 12.5. The molecule has 27 heavy (non-hydrogen) atoms. The van der Waals surface area contributed by atoms with E-state index >= 15 is 0 Å². The maximum absolute atomic E-state index is 12.5.